The van der Waals surface area contributed by atoms with E-state index < -0.39 is 17.3 Å². The van der Waals surface area contributed by atoms with Gasteiger partial charge in [0.15, 0.2) is 0 Å². The van der Waals surface area contributed by atoms with Crippen LogP contribution in [0.4, 0.5) is 0 Å². The lowest BCUT2D eigenvalue weighted by Gasteiger charge is -2.25. The van der Waals surface area contributed by atoms with Crippen molar-refractivity contribution in [2.75, 3.05) is 0 Å². The van der Waals surface area contributed by atoms with E-state index in [1.54, 1.807) is 27.7 Å². The number of nitrogens with zero attached hydrogens (tertiary/aromatic N) is 3. The number of aromatic hydroxyl groups is 2. The Hall–Kier alpha value is -2.56. The van der Waals surface area contributed by atoms with Crippen molar-refractivity contribution in [3.05, 3.63) is 34.1 Å². The molecule has 4 heterocycles. The van der Waals surface area contributed by atoms with Gasteiger partial charge in [-0.15, -0.1) is 0 Å². The number of hydrogen-bond donors (Lipinski definition) is 3. The zero-order chi connectivity index (χ0) is 18.3. The van der Waals surface area contributed by atoms with Crippen LogP contribution in [0, 0.1) is 25.2 Å². The van der Waals surface area contributed by atoms with Gasteiger partial charge in [-0.25, -0.2) is 9.55 Å². The Kier molecular flexibility index (Phi) is 2.89. The molecule has 7 heteroatoms. The average molecular weight is 341 g/mol. The van der Waals surface area contributed by atoms with Gasteiger partial charge >= 0.3 is 0 Å². The number of rotatable bonds is 1. The number of fused-ring (bicyclic) bond motifs is 5. The minimum absolute atomic E-state index is 0.125. The first-order valence-electron chi connectivity index (χ1n) is 8.08. The lowest BCUT2D eigenvalue weighted by molar-refractivity contribution is -0.0936. The summed E-state index contributed by atoms with van der Waals surface area (Å²) in [5, 5.41) is 41.2. The Labute approximate surface area is 144 Å². The van der Waals surface area contributed by atoms with Crippen LogP contribution >= 0.6 is 0 Å². The highest BCUT2D eigenvalue weighted by Crippen LogP contribution is 2.64. The third-order valence-corrected chi connectivity index (χ3v) is 5.77. The molecule has 130 valence electrons. The van der Waals surface area contributed by atoms with E-state index in [4.69, 9.17) is 10.00 Å². The third kappa shape index (κ3) is 1.68. The van der Waals surface area contributed by atoms with Gasteiger partial charge in [-0.3, -0.25) is 0 Å². The molecule has 4 rings (SSSR count). The molecule has 2 aliphatic rings. The summed E-state index contributed by atoms with van der Waals surface area (Å²) in [6.45, 7) is 7.09. The largest absolute Gasteiger partial charge is 0.494 e. The molecule has 0 aliphatic carbocycles. The minimum Gasteiger partial charge on any atom is -0.494 e. The summed E-state index contributed by atoms with van der Waals surface area (Å²) in [6.07, 6.45) is 1.03. The summed E-state index contributed by atoms with van der Waals surface area (Å²) in [5.41, 5.74) is 1.19. The molecule has 0 amide bonds. The molecule has 2 bridgehead atoms. The molecule has 0 saturated carbocycles. The van der Waals surface area contributed by atoms with E-state index in [1.165, 1.54) is 10.8 Å². The van der Waals surface area contributed by atoms with Crippen molar-refractivity contribution < 1.29 is 20.1 Å². The van der Waals surface area contributed by atoms with Gasteiger partial charge in [0.25, 0.3) is 0 Å². The molecule has 7 nitrogen and oxygen atoms in total. The number of aliphatic hydroxyl groups is 1. The number of ether oxygens (including phenoxy) is 1. The summed E-state index contributed by atoms with van der Waals surface area (Å²) < 4.78 is 7.29. The molecule has 2 aliphatic heterocycles. The molecule has 2 aromatic heterocycles. The molecule has 3 atom stereocenters. The maximum atomic E-state index is 10.9. The Morgan fingerprint density at radius 3 is 2.52 bits per heavy atom. The fraction of sp³-hybridized carbons (Fsp3) is 0.444. The first kappa shape index (κ1) is 15.9. The zero-order valence-electron chi connectivity index (χ0n) is 14.5. The smallest absolute Gasteiger partial charge is 0.205 e. The van der Waals surface area contributed by atoms with E-state index in [1.807, 2.05) is 6.07 Å². The number of hydrogen-bond acceptors (Lipinski definition) is 6. The van der Waals surface area contributed by atoms with Gasteiger partial charge in [-0.05, 0) is 38.8 Å². The van der Waals surface area contributed by atoms with Gasteiger partial charge in [-0.1, -0.05) is 0 Å². The molecule has 0 aromatic carbocycles. The maximum Gasteiger partial charge on any atom is 0.205 e. The van der Waals surface area contributed by atoms with Crippen LogP contribution in [-0.4, -0.2) is 31.0 Å². The second-order valence-corrected chi connectivity index (χ2v) is 7.25. The zero-order valence-corrected chi connectivity index (χ0v) is 14.5. The summed E-state index contributed by atoms with van der Waals surface area (Å²) in [4.78, 5) is 4.12. The SMILES string of the molecule is Cc1c(-n2c(O)c3c(c2O)C2(C)OC3(C)C[C@H]2O)cnc(C#N)c1C. The fourth-order valence-electron chi connectivity index (χ4n) is 4.29. The van der Waals surface area contributed by atoms with Gasteiger partial charge in [0.1, 0.15) is 17.4 Å². The highest BCUT2D eigenvalue weighted by Gasteiger charge is 2.64. The predicted molar refractivity (Wildman–Crippen MR) is 87.5 cm³/mol. The maximum absolute atomic E-state index is 10.9. The predicted octanol–water partition coefficient (Wildman–Crippen LogP) is 2.00. The molecule has 0 radical (unpaired) electrons. The molecular formula is C18H19N3O4. The molecule has 25 heavy (non-hydrogen) atoms. The standard InChI is InChI=1S/C18H19N3O4/c1-8-9(2)11(7-20-10(8)6-19)21-15(23)13-14(16(21)24)18(4)12(22)5-17(13,3)25-18/h7,12,22-24H,5H2,1-4H3/t12-,17?,18?/m1/s1. The van der Waals surface area contributed by atoms with Crippen LogP contribution in [0.25, 0.3) is 5.69 Å². The Morgan fingerprint density at radius 2 is 1.88 bits per heavy atom. The van der Waals surface area contributed by atoms with Crippen molar-refractivity contribution in [2.45, 2.75) is 51.4 Å². The van der Waals surface area contributed by atoms with Crippen LogP contribution in [0.15, 0.2) is 6.20 Å². The van der Waals surface area contributed by atoms with Crippen molar-refractivity contribution in [1.29, 1.82) is 5.26 Å². The van der Waals surface area contributed by atoms with E-state index in [0.29, 0.717) is 34.5 Å². The highest BCUT2D eigenvalue weighted by atomic mass is 16.6. The Bertz CT molecular complexity index is 974. The minimum atomic E-state index is -1.07. The van der Waals surface area contributed by atoms with Crippen LogP contribution in [-0.2, 0) is 15.9 Å². The van der Waals surface area contributed by atoms with Gasteiger partial charge in [0.2, 0.25) is 11.8 Å². The molecular weight excluding hydrogens is 322 g/mol. The summed E-state index contributed by atoms with van der Waals surface area (Å²) in [7, 11) is 0. The van der Waals surface area contributed by atoms with Crippen LogP contribution < -0.4 is 0 Å². The second kappa shape index (κ2) is 4.54. The number of nitriles is 1. The van der Waals surface area contributed by atoms with E-state index in [0.717, 1.165) is 5.56 Å². The van der Waals surface area contributed by atoms with Gasteiger partial charge in [-0.2, -0.15) is 5.26 Å². The number of aliphatic hydroxyl groups excluding tert-OH is 1. The lowest BCUT2D eigenvalue weighted by atomic mass is 9.78. The van der Waals surface area contributed by atoms with Crippen LogP contribution in [0.2, 0.25) is 0 Å². The molecule has 0 spiro atoms. The van der Waals surface area contributed by atoms with E-state index >= 15 is 0 Å². The van der Waals surface area contributed by atoms with Crippen LogP contribution in [0.5, 0.6) is 11.8 Å². The van der Waals surface area contributed by atoms with Gasteiger partial charge in [0, 0.05) is 6.42 Å². The highest BCUT2D eigenvalue weighted by molar-refractivity contribution is 5.63. The van der Waals surface area contributed by atoms with Crippen molar-refractivity contribution in [1.82, 2.24) is 9.55 Å². The van der Waals surface area contributed by atoms with Gasteiger partial charge < -0.3 is 20.1 Å². The number of aromatic nitrogens is 2. The summed E-state index contributed by atoms with van der Waals surface area (Å²) in [5.74, 6) is -0.300. The van der Waals surface area contributed by atoms with Crippen molar-refractivity contribution in [2.24, 2.45) is 0 Å². The normalized spacial score (nSPS) is 29.7. The molecule has 3 N–H and O–H groups in total. The topological polar surface area (TPSA) is 112 Å². The monoisotopic (exact) mass is 341 g/mol. The Balaban J connectivity index is 2.02. The Morgan fingerprint density at radius 1 is 1.24 bits per heavy atom. The molecule has 2 aromatic rings. The first-order chi connectivity index (χ1) is 11.7. The van der Waals surface area contributed by atoms with E-state index in [2.05, 4.69) is 4.98 Å². The second-order valence-electron chi connectivity index (χ2n) is 7.25. The lowest BCUT2D eigenvalue weighted by Crippen LogP contribution is -2.32. The molecule has 1 saturated heterocycles. The summed E-state index contributed by atoms with van der Waals surface area (Å²) in [6, 6.07) is 2.03. The van der Waals surface area contributed by atoms with Crippen molar-refractivity contribution in [3.63, 3.8) is 0 Å². The average Bonchev–Trinajstić information content (AvgIpc) is 3.05. The van der Waals surface area contributed by atoms with Crippen LogP contribution in [0.1, 0.15) is 48.2 Å². The van der Waals surface area contributed by atoms with Gasteiger partial charge in [0.05, 0.1) is 34.7 Å². The first-order valence-corrected chi connectivity index (χ1v) is 8.08. The quantitative estimate of drug-likeness (QED) is 0.731. The number of pyridine rings is 1. The van der Waals surface area contributed by atoms with Crippen LogP contribution in [0.3, 0.4) is 0 Å². The van der Waals surface area contributed by atoms with Crippen molar-refractivity contribution >= 4 is 0 Å². The third-order valence-electron chi connectivity index (χ3n) is 5.77. The molecule has 1 fully saturated rings. The van der Waals surface area contributed by atoms with E-state index in [-0.39, 0.29) is 11.8 Å². The van der Waals surface area contributed by atoms with Crippen molar-refractivity contribution in [3.8, 4) is 23.5 Å². The fourth-order valence-corrected chi connectivity index (χ4v) is 4.29. The van der Waals surface area contributed by atoms with E-state index in [9.17, 15) is 15.3 Å². The summed E-state index contributed by atoms with van der Waals surface area (Å²) >= 11 is 0. The molecule has 2 unspecified atom stereocenters.